The number of aliphatic carboxylic acids is 1. The smallest absolute Gasteiger partial charge is 0.393 e. The number of hydrogen-bond donors (Lipinski definition) is 1. The second kappa shape index (κ2) is 7.67. The lowest BCUT2D eigenvalue weighted by atomic mass is 9.96. The molecule has 0 bridgehead atoms. The first-order valence-corrected chi connectivity index (χ1v) is 7.78. The third-order valence-corrected chi connectivity index (χ3v) is 4.42. The molecule has 9 heteroatoms. The van der Waals surface area contributed by atoms with E-state index in [9.17, 15) is 18.0 Å². The van der Waals surface area contributed by atoms with Crippen molar-refractivity contribution in [2.24, 2.45) is 11.8 Å². The number of benzene rings is 1. The lowest BCUT2D eigenvalue weighted by Crippen LogP contribution is -2.33. The Morgan fingerprint density at radius 3 is 2.50 bits per heavy atom. The van der Waals surface area contributed by atoms with Gasteiger partial charge in [-0.15, -0.1) is 12.4 Å². The number of carboxylic acids is 1. The van der Waals surface area contributed by atoms with Crippen molar-refractivity contribution in [3.8, 4) is 11.3 Å². The average Bonchev–Trinajstić information content (AvgIpc) is 3.15. The fraction of sp³-hybridized carbons (Fsp3) is 0.412. The summed E-state index contributed by atoms with van der Waals surface area (Å²) in [6, 6.07) is 9.28. The maximum atomic E-state index is 13.0. The SMILES string of the molecule is Cc1ccc(-c2cc(CN3C[C@@H](C(F)(F)F)[C@H](C(=O)O)C3)on2)cc1.Cl. The summed E-state index contributed by atoms with van der Waals surface area (Å²) in [5.41, 5.74) is 2.54. The number of likely N-dealkylation sites (tertiary alicyclic amines) is 1. The van der Waals surface area contributed by atoms with Crippen molar-refractivity contribution >= 4 is 18.4 Å². The van der Waals surface area contributed by atoms with Crippen LogP contribution in [0.3, 0.4) is 0 Å². The quantitative estimate of drug-likeness (QED) is 0.860. The normalized spacial score (nSPS) is 20.8. The minimum absolute atomic E-state index is 0. The van der Waals surface area contributed by atoms with Crippen LogP contribution in [-0.2, 0) is 11.3 Å². The van der Waals surface area contributed by atoms with Crippen LogP contribution in [0.25, 0.3) is 11.3 Å². The number of carboxylic acid groups (broad SMARTS) is 1. The largest absolute Gasteiger partial charge is 0.481 e. The van der Waals surface area contributed by atoms with Gasteiger partial charge in [0.2, 0.25) is 0 Å². The molecule has 0 amide bonds. The van der Waals surface area contributed by atoms with Crippen molar-refractivity contribution in [3.63, 3.8) is 0 Å². The number of aromatic nitrogens is 1. The van der Waals surface area contributed by atoms with E-state index >= 15 is 0 Å². The van der Waals surface area contributed by atoms with Crippen LogP contribution in [0.2, 0.25) is 0 Å². The van der Waals surface area contributed by atoms with Crippen molar-refractivity contribution < 1.29 is 27.6 Å². The fourth-order valence-corrected chi connectivity index (χ4v) is 3.06. The van der Waals surface area contributed by atoms with Gasteiger partial charge in [0.05, 0.1) is 18.4 Å². The van der Waals surface area contributed by atoms with Crippen molar-refractivity contribution in [1.29, 1.82) is 0 Å². The molecule has 1 aromatic heterocycles. The van der Waals surface area contributed by atoms with E-state index in [1.54, 1.807) is 6.07 Å². The van der Waals surface area contributed by atoms with Gasteiger partial charge in [-0.3, -0.25) is 9.69 Å². The maximum absolute atomic E-state index is 13.0. The number of hydrogen-bond acceptors (Lipinski definition) is 4. The highest BCUT2D eigenvalue weighted by Crippen LogP contribution is 2.38. The number of nitrogens with zero attached hydrogens (tertiary/aromatic N) is 2. The van der Waals surface area contributed by atoms with Crippen molar-refractivity contribution in [3.05, 3.63) is 41.7 Å². The molecular weight excluding hydrogens is 373 g/mol. The first-order valence-electron chi connectivity index (χ1n) is 7.78. The monoisotopic (exact) mass is 390 g/mol. The van der Waals surface area contributed by atoms with E-state index < -0.39 is 24.0 Å². The van der Waals surface area contributed by atoms with Crippen LogP contribution < -0.4 is 0 Å². The molecular formula is C17H18ClF3N2O3. The Bertz CT molecular complexity index is 761. The molecule has 0 saturated carbocycles. The van der Waals surface area contributed by atoms with Gasteiger partial charge in [-0.1, -0.05) is 35.0 Å². The molecule has 0 radical (unpaired) electrons. The van der Waals surface area contributed by atoms with Crippen LogP contribution in [0.5, 0.6) is 0 Å². The molecule has 0 spiro atoms. The standard InChI is InChI=1S/C17H17F3N2O3.ClH/c1-10-2-4-11(5-3-10)15-6-12(25-21-15)7-22-8-13(16(23)24)14(9-22)17(18,19)20;/h2-6,13-14H,7-9H2,1H3,(H,23,24);1H/t13-,14-;/m1./s1. The highest BCUT2D eigenvalue weighted by atomic mass is 35.5. The zero-order valence-corrected chi connectivity index (χ0v) is 14.7. The highest BCUT2D eigenvalue weighted by Gasteiger charge is 2.52. The van der Waals surface area contributed by atoms with Gasteiger partial charge < -0.3 is 9.63 Å². The predicted molar refractivity (Wildman–Crippen MR) is 89.9 cm³/mol. The Labute approximate surface area is 154 Å². The molecule has 0 unspecified atom stereocenters. The summed E-state index contributed by atoms with van der Waals surface area (Å²) < 4.78 is 44.3. The second-order valence-corrected chi connectivity index (χ2v) is 6.33. The fourth-order valence-electron chi connectivity index (χ4n) is 3.06. The van der Waals surface area contributed by atoms with Gasteiger partial charge in [0.25, 0.3) is 0 Å². The summed E-state index contributed by atoms with van der Waals surface area (Å²) in [6.45, 7) is 1.53. The molecule has 1 fully saturated rings. The number of halogens is 4. The summed E-state index contributed by atoms with van der Waals surface area (Å²) in [5, 5.41) is 13.0. The Balaban J connectivity index is 0.00000243. The molecule has 1 N–H and O–H groups in total. The zero-order valence-electron chi connectivity index (χ0n) is 13.9. The summed E-state index contributed by atoms with van der Waals surface area (Å²) in [4.78, 5) is 12.6. The molecule has 2 aromatic rings. The molecule has 3 rings (SSSR count). The van der Waals surface area contributed by atoms with Gasteiger partial charge in [0, 0.05) is 24.7 Å². The Hall–Kier alpha value is -2.06. The van der Waals surface area contributed by atoms with Gasteiger partial charge in [-0.05, 0) is 6.92 Å². The number of carbonyl (C=O) groups is 1. The van der Waals surface area contributed by atoms with Gasteiger partial charge in [0.15, 0.2) is 5.76 Å². The van der Waals surface area contributed by atoms with E-state index in [0.717, 1.165) is 11.1 Å². The van der Waals surface area contributed by atoms with Crippen LogP contribution in [0.4, 0.5) is 13.2 Å². The first kappa shape index (κ1) is 20.3. The van der Waals surface area contributed by atoms with E-state index in [-0.39, 0.29) is 32.0 Å². The minimum atomic E-state index is -4.54. The molecule has 2 atom stereocenters. The molecule has 5 nitrogen and oxygen atoms in total. The van der Waals surface area contributed by atoms with E-state index in [1.165, 1.54) is 4.90 Å². The Morgan fingerprint density at radius 1 is 1.31 bits per heavy atom. The van der Waals surface area contributed by atoms with E-state index in [1.807, 2.05) is 31.2 Å². The summed E-state index contributed by atoms with van der Waals surface area (Å²) in [5.74, 6) is -4.35. The molecule has 1 aliphatic heterocycles. The van der Waals surface area contributed by atoms with Crippen molar-refractivity contribution in [1.82, 2.24) is 10.1 Å². The molecule has 142 valence electrons. The maximum Gasteiger partial charge on any atom is 0.393 e. The van der Waals surface area contributed by atoms with Crippen LogP contribution >= 0.6 is 12.4 Å². The van der Waals surface area contributed by atoms with Crippen LogP contribution in [0.1, 0.15) is 11.3 Å². The molecule has 26 heavy (non-hydrogen) atoms. The molecule has 0 aliphatic carbocycles. The van der Waals surface area contributed by atoms with Crippen molar-refractivity contribution in [2.45, 2.75) is 19.6 Å². The number of aryl methyl sites for hydroxylation is 1. The highest BCUT2D eigenvalue weighted by molar-refractivity contribution is 5.85. The van der Waals surface area contributed by atoms with Gasteiger partial charge in [-0.2, -0.15) is 13.2 Å². The first-order chi connectivity index (χ1) is 11.7. The zero-order chi connectivity index (χ0) is 18.2. The minimum Gasteiger partial charge on any atom is -0.481 e. The third-order valence-electron chi connectivity index (χ3n) is 4.42. The molecule has 2 heterocycles. The summed E-state index contributed by atoms with van der Waals surface area (Å²) in [6.07, 6.45) is -4.54. The lowest BCUT2D eigenvalue weighted by molar-refractivity contribution is -0.188. The molecule has 1 aliphatic rings. The van der Waals surface area contributed by atoms with E-state index in [2.05, 4.69) is 5.16 Å². The lowest BCUT2D eigenvalue weighted by Gasteiger charge is -2.18. The Morgan fingerprint density at radius 2 is 1.96 bits per heavy atom. The molecule has 1 aromatic carbocycles. The van der Waals surface area contributed by atoms with Crippen LogP contribution in [0, 0.1) is 18.8 Å². The topological polar surface area (TPSA) is 66.6 Å². The van der Waals surface area contributed by atoms with Crippen LogP contribution in [-0.4, -0.2) is 40.4 Å². The van der Waals surface area contributed by atoms with Gasteiger partial charge in [-0.25, -0.2) is 0 Å². The summed E-state index contributed by atoms with van der Waals surface area (Å²) in [7, 11) is 0. The van der Waals surface area contributed by atoms with Crippen molar-refractivity contribution in [2.75, 3.05) is 13.1 Å². The third kappa shape index (κ3) is 4.37. The van der Waals surface area contributed by atoms with Crippen LogP contribution in [0.15, 0.2) is 34.9 Å². The van der Waals surface area contributed by atoms with E-state index in [4.69, 9.17) is 9.63 Å². The molecule has 1 saturated heterocycles. The summed E-state index contributed by atoms with van der Waals surface area (Å²) >= 11 is 0. The number of alkyl halides is 3. The van der Waals surface area contributed by atoms with Gasteiger partial charge in [0.1, 0.15) is 5.69 Å². The van der Waals surface area contributed by atoms with Gasteiger partial charge >= 0.3 is 12.1 Å². The second-order valence-electron chi connectivity index (χ2n) is 6.33. The Kier molecular flexibility index (Phi) is 5.98. The van der Waals surface area contributed by atoms with E-state index in [0.29, 0.717) is 11.5 Å². The average molecular weight is 391 g/mol. The number of rotatable bonds is 4. The predicted octanol–water partition coefficient (Wildman–Crippen LogP) is 3.77.